The van der Waals surface area contributed by atoms with Crippen molar-refractivity contribution in [3.8, 4) is 17.7 Å². The van der Waals surface area contributed by atoms with Gasteiger partial charge in [0.05, 0.1) is 18.0 Å². The molecule has 19 heavy (non-hydrogen) atoms. The van der Waals surface area contributed by atoms with E-state index in [0.29, 0.717) is 5.75 Å². The number of carboxylic acids is 1. The second kappa shape index (κ2) is 5.14. The predicted molar refractivity (Wildman–Crippen MR) is 65.0 cm³/mol. The fourth-order valence-corrected chi connectivity index (χ4v) is 1.38. The number of ether oxygens (including phenoxy) is 1. The molecule has 6 heteroatoms. The molecule has 0 fully saturated rings. The van der Waals surface area contributed by atoms with E-state index < -0.39 is 5.97 Å². The van der Waals surface area contributed by atoms with Crippen molar-refractivity contribution in [1.82, 2.24) is 9.97 Å². The zero-order valence-electron chi connectivity index (χ0n) is 9.99. The summed E-state index contributed by atoms with van der Waals surface area (Å²) in [6.45, 7) is 1.79. The van der Waals surface area contributed by atoms with E-state index in [1.165, 1.54) is 24.5 Å². The van der Waals surface area contributed by atoms with Crippen molar-refractivity contribution in [1.29, 1.82) is 5.26 Å². The Labute approximate surface area is 108 Å². The third-order valence-electron chi connectivity index (χ3n) is 2.39. The maximum atomic E-state index is 10.9. The molecular weight excluding hydrogens is 246 g/mol. The molecule has 0 unspecified atom stereocenters. The van der Waals surface area contributed by atoms with Crippen LogP contribution in [0.25, 0.3) is 0 Å². The molecule has 0 aliphatic carbocycles. The summed E-state index contributed by atoms with van der Waals surface area (Å²) in [6, 6.07) is 6.40. The van der Waals surface area contributed by atoms with Gasteiger partial charge in [-0.1, -0.05) is 6.07 Å². The van der Waals surface area contributed by atoms with Gasteiger partial charge in [0.15, 0.2) is 5.69 Å². The van der Waals surface area contributed by atoms with E-state index in [1.807, 2.05) is 6.07 Å². The number of nitrogens with zero attached hydrogens (tertiary/aromatic N) is 3. The Kier molecular flexibility index (Phi) is 3.39. The second-order valence-corrected chi connectivity index (χ2v) is 3.74. The molecule has 0 aliphatic rings. The van der Waals surface area contributed by atoms with Gasteiger partial charge in [0.25, 0.3) is 0 Å². The maximum Gasteiger partial charge on any atom is 0.335 e. The van der Waals surface area contributed by atoms with Gasteiger partial charge in [-0.15, -0.1) is 0 Å². The first-order chi connectivity index (χ1) is 9.10. The van der Waals surface area contributed by atoms with Gasteiger partial charge in [0, 0.05) is 0 Å². The lowest BCUT2D eigenvalue weighted by Crippen LogP contribution is -1.98. The molecule has 2 aromatic rings. The Morgan fingerprint density at radius 1 is 1.37 bits per heavy atom. The molecule has 94 valence electrons. The third-order valence-corrected chi connectivity index (χ3v) is 2.39. The number of nitriles is 1. The Morgan fingerprint density at radius 2 is 2.16 bits per heavy atom. The minimum Gasteiger partial charge on any atom is -0.478 e. The number of rotatable bonds is 3. The van der Waals surface area contributed by atoms with Crippen LogP contribution >= 0.6 is 0 Å². The van der Waals surface area contributed by atoms with Gasteiger partial charge < -0.3 is 9.84 Å². The topological polar surface area (TPSA) is 96.1 Å². The highest BCUT2D eigenvalue weighted by molar-refractivity contribution is 5.88. The van der Waals surface area contributed by atoms with Gasteiger partial charge >= 0.3 is 5.97 Å². The van der Waals surface area contributed by atoms with Crippen LogP contribution in [-0.4, -0.2) is 21.0 Å². The quantitative estimate of drug-likeness (QED) is 0.902. The predicted octanol–water partition coefficient (Wildman–Crippen LogP) is 2.15. The molecule has 1 N–H and O–H groups in total. The molecule has 6 nitrogen and oxygen atoms in total. The van der Waals surface area contributed by atoms with Crippen molar-refractivity contribution >= 4 is 5.97 Å². The number of aryl methyl sites for hydroxylation is 1. The number of carboxylic acid groups (broad SMARTS) is 1. The highest BCUT2D eigenvalue weighted by Crippen LogP contribution is 2.24. The fraction of sp³-hybridized carbons (Fsp3) is 0.0769. The van der Waals surface area contributed by atoms with Crippen LogP contribution in [0.2, 0.25) is 0 Å². The zero-order chi connectivity index (χ0) is 13.8. The number of hydrogen-bond donors (Lipinski definition) is 1. The summed E-state index contributed by atoms with van der Waals surface area (Å²) in [4.78, 5) is 18.6. The number of aromatic carboxylic acids is 1. The van der Waals surface area contributed by atoms with Crippen molar-refractivity contribution in [3.63, 3.8) is 0 Å². The summed E-state index contributed by atoms with van der Waals surface area (Å²) in [7, 11) is 0. The molecule has 0 bridgehead atoms. The molecular formula is C13H9N3O3. The van der Waals surface area contributed by atoms with Crippen LogP contribution in [0.15, 0.2) is 30.6 Å². The molecule has 0 atom stereocenters. The van der Waals surface area contributed by atoms with Gasteiger partial charge in [-0.05, 0) is 24.6 Å². The second-order valence-electron chi connectivity index (χ2n) is 3.74. The number of aromatic nitrogens is 2. The first-order valence-electron chi connectivity index (χ1n) is 5.34. The minimum absolute atomic E-state index is 0.127. The van der Waals surface area contributed by atoms with Crippen molar-refractivity contribution in [2.75, 3.05) is 0 Å². The average Bonchev–Trinajstić information content (AvgIpc) is 2.42. The van der Waals surface area contributed by atoms with Crippen LogP contribution in [0.1, 0.15) is 21.6 Å². The smallest absolute Gasteiger partial charge is 0.335 e. The van der Waals surface area contributed by atoms with Gasteiger partial charge in [0.1, 0.15) is 11.8 Å². The summed E-state index contributed by atoms with van der Waals surface area (Å²) in [5.41, 5.74) is 1.08. The monoisotopic (exact) mass is 255 g/mol. The Morgan fingerprint density at radius 3 is 2.74 bits per heavy atom. The van der Waals surface area contributed by atoms with Crippen molar-refractivity contribution < 1.29 is 14.6 Å². The van der Waals surface area contributed by atoms with E-state index in [4.69, 9.17) is 15.1 Å². The number of hydrogen-bond acceptors (Lipinski definition) is 5. The average molecular weight is 255 g/mol. The molecule has 1 aromatic carbocycles. The molecule has 0 saturated heterocycles. The van der Waals surface area contributed by atoms with Crippen LogP contribution < -0.4 is 4.74 Å². The highest BCUT2D eigenvalue weighted by atomic mass is 16.5. The Balaban J connectivity index is 2.29. The Bertz CT molecular complexity index is 660. The largest absolute Gasteiger partial charge is 0.478 e. The van der Waals surface area contributed by atoms with E-state index >= 15 is 0 Å². The standard InChI is InChI=1S/C13H9N3O3/c1-8-2-3-9(13(17)18)4-11(8)19-12-7-15-10(5-14)6-16-12/h2-4,6-7H,1H3,(H,17,18). The van der Waals surface area contributed by atoms with E-state index in [-0.39, 0.29) is 17.1 Å². The summed E-state index contributed by atoms with van der Waals surface area (Å²) in [5, 5.41) is 17.5. The van der Waals surface area contributed by atoms with Gasteiger partial charge in [-0.3, -0.25) is 0 Å². The van der Waals surface area contributed by atoms with Crippen LogP contribution in [-0.2, 0) is 0 Å². The molecule has 0 amide bonds. The zero-order valence-corrected chi connectivity index (χ0v) is 9.99. The molecule has 0 aliphatic heterocycles. The molecule has 1 heterocycles. The maximum absolute atomic E-state index is 10.9. The van der Waals surface area contributed by atoms with Crippen molar-refractivity contribution in [3.05, 3.63) is 47.4 Å². The SMILES string of the molecule is Cc1ccc(C(=O)O)cc1Oc1cnc(C#N)cn1. The van der Waals surface area contributed by atoms with Gasteiger partial charge in [-0.2, -0.15) is 5.26 Å². The lowest BCUT2D eigenvalue weighted by molar-refractivity contribution is 0.0696. The normalized spacial score (nSPS) is 9.68. The minimum atomic E-state index is -1.03. The van der Waals surface area contributed by atoms with Crippen molar-refractivity contribution in [2.24, 2.45) is 0 Å². The van der Waals surface area contributed by atoms with Crippen LogP contribution in [0.5, 0.6) is 11.6 Å². The number of carbonyl (C=O) groups is 1. The van der Waals surface area contributed by atoms with E-state index in [1.54, 1.807) is 13.0 Å². The lowest BCUT2D eigenvalue weighted by atomic mass is 10.1. The highest BCUT2D eigenvalue weighted by Gasteiger charge is 2.08. The molecule has 0 radical (unpaired) electrons. The molecule has 0 saturated carbocycles. The third kappa shape index (κ3) is 2.84. The number of benzene rings is 1. The van der Waals surface area contributed by atoms with Crippen molar-refractivity contribution in [2.45, 2.75) is 6.92 Å². The van der Waals surface area contributed by atoms with Crippen LogP contribution in [0, 0.1) is 18.3 Å². The summed E-state index contributed by atoms with van der Waals surface area (Å²) < 4.78 is 5.45. The van der Waals surface area contributed by atoms with E-state index in [2.05, 4.69) is 9.97 Å². The lowest BCUT2D eigenvalue weighted by Gasteiger charge is -2.08. The first kappa shape index (κ1) is 12.5. The first-order valence-corrected chi connectivity index (χ1v) is 5.34. The Hall–Kier alpha value is -2.94. The van der Waals surface area contributed by atoms with Gasteiger partial charge in [0.2, 0.25) is 5.88 Å². The summed E-state index contributed by atoms with van der Waals surface area (Å²) in [5.74, 6) is -0.445. The molecule has 0 spiro atoms. The fourth-order valence-electron chi connectivity index (χ4n) is 1.38. The van der Waals surface area contributed by atoms with Crippen LogP contribution in [0.3, 0.4) is 0 Å². The van der Waals surface area contributed by atoms with Gasteiger partial charge in [-0.25, -0.2) is 14.8 Å². The molecule has 1 aromatic heterocycles. The van der Waals surface area contributed by atoms with E-state index in [0.717, 1.165) is 5.56 Å². The van der Waals surface area contributed by atoms with Crippen LogP contribution in [0.4, 0.5) is 0 Å². The summed E-state index contributed by atoms with van der Waals surface area (Å²) in [6.07, 6.45) is 2.59. The van der Waals surface area contributed by atoms with E-state index in [9.17, 15) is 4.79 Å². The summed E-state index contributed by atoms with van der Waals surface area (Å²) >= 11 is 0. The molecule has 2 rings (SSSR count).